The molecule has 5 rings (SSSR count). The van der Waals surface area contributed by atoms with Crippen LogP contribution in [-0.4, -0.2) is 40.0 Å². The van der Waals surface area contributed by atoms with E-state index in [4.69, 9.17) is 7.48 Å². The Morgan fingerprint density at radius 1 is 1.27 bits per heavy atom. The maximum atomic E-state index is 14.8. The van der Waals surface area contributed by atoms with E-state index in [1.54, 1.807) is 6.20 Å². The average molecular weight is 445 g/mol. The maximum absolute atomic E-state index is 14.8. The van der Waals surface area contributed by atoms with E-state index in [2.05, 4.69) is 20.2 Å². The molecule has 0 fully saturated rings. The number of benzene rings is 2. The van der Waals surface area contributed by atoms with Gasteiger partial charge in [-0.05, 0) is 37.4 Å². The molecule has 1 N–H and O–H groups in total. The second-order valence-electron chi connectivity index (χ2n) is 8.11. The smallest absolute Gasteiger partial charge is 0.208 e. The highest BCUT2D eigenvalue weighted by Crippen LogP contribution is 2.31. The van der Waals surface area contributed by atoms with Crippen LogP contribution in [-0.2, 0) is 19.5 Å². The molecule has 1 aliphatic rings. The Morgan fingerprint density at radius 3 is 2.85 bits per heavy atom. The van der Waals surface area contributed by atoms with Crippen molar-refractivity contribution in [2.75, 3.05) is 26.0 Å². The van der Waals surface area contributed by atoms with E-state index in [1.807, 2.05) is 44.4 Å². The highest BCUT2D eigenvalue weighted by Gasteiger charge is 2.20. The average Bonchev–Trinajstić information content (AvgIpc) is 3.46. The van der Waals surface area contributed by atoms with E-state index in [1.165, 1.54) is 22.7 Å². The Hall–Kier alpha value is -3.96. The van der Waals surface area contributed by atoms with Crippen LogP contribution in [0.3, 0.4) is 0 Å². The summed E-state index contributed by atoms with van der Waals surface area (Å²) in [7, 11) is 4.00. The first-order valence-corrected chi connectivity index (χ1v) is 10.5. The quantitative estimate of drug-likeness (QED) is 0.484. The fourth-order valence-corrected chi connectivity index (χ4v) is 3.98. The standard InChI is InChI=1S/C25H23FN6O/c1-31(2)14-16-3-5-17(6-4-16)20-12-28-25(32-15-18(11-27)30-24(20)32)29-13-21-19-9-10-33-23(19)8-7-22(21)26/h3-8,12,15H,9-10,13-14H2,1-2H3,(H,28,29)/i13D2. The Morgan fingerprint density at radius 2 is 2.09 bits per heavy atom. The van der Waals surface area contributed by atoms with Crippen LogP contribution in [0.5, 0.6) is 5.75 Å². The SMILES string of the molecule is [2H]C([2H])(Nc1ncc(-c2ccc(CN(C)C)cc2)c2nc(C#N)cn12)c1c(F)ccc2c1CCO2. The Kier molecular flexibility index (Phi) is 4.80. The number of fused-ring (bicyclic) bond motifs is 2. The lowest BCUT2D eigenvalue weighted by atomic mass is 10.0. The van der Waals surface area contributed by atoms with Gasteiger partial charge in [0.25, 0.3) is 0 Å². The van der Waals surface area contributed by atoms with Crippen molar-refractivity contribution in [2.24, 2.45) is 0 Å². The minimum Gasteiger partial charge on any atom is -0.493 e. The van der Waals surface area contributed by atoms with Crippen LogP contribution in [0, 0.1) is 17.1 Å². The molecule has 33 heavy (non-hydrogen) atoms. The predicted molar refractivity (Wildman–Crippen MR) is 123 cm³/mol. The molecule has 0 saturated heterocycles. The monoisotopic (exact) mass is 444 g/mol. The summed E-state index contributed by atoms with van der Waals surface area (Å²) in [6.07, 6.45) is 3.48. The Labute approximate surface area is 193 Å². The molecular formula is C25H23FN6O. The highest BCUT2D eigenvalue weighted by atomic mass is 19.1. The third kappa shape index (κ3) is 3.99. The zero-order chi connectivity index (χ0) is 24.7. The number of hydrogen-bond donors (Lipinski definition) is 1. The van der Waals surface area contributed by atoms with Crippen LogP contribution in [0.1, 0.15) is 25.1 Å². The van der Waals surface area contributed by atoms with E-state index in [0.29, 0.717) is 35.6 Å². The number of ether oxygens (including phenoxy) is 1. The van der Waals surface area contributed by atoms with Gasteiger partial charge in [-0.15, -0.1) is 0 Å². The predicted octanol–water partition coefficient (Wildman–Crippen LogP) is 4.02. The van der Waals surface area contributed by atoms with Crippen LogP contribution in [0.4, 0.5) is 10.3 Å². The normalized spacial score (nSPS) is 13.9. The van der Waals surface area contributed by atoms with Gasteiger partial charge in [-0.3, -0.25) is 4.40 Å². The van der Waals surface area contributed by atoms with Gasteiger partial charge in [0.2, 0.25) is 5.95 Å². The molecule has 0 atom stereocenters. The van der Waals surface area contributed by atoms with Gasteiger partial charge in [-0.2, -0.15) is 5.26 Å². The van der Waals surface area contributed by atoms with Crippen LogP contribution >= 0.6 is 0 Å². The summed E-state index contributed by atoms with van der Waals surface area (Å²) in [5.41, 5.74) is 3.69. The van der Waals surface area contributed by atoms with Crippen molar-refractivity contribution in [1.82, 2.24) is 19.3 Å². The molecule has 0 bridgehead atoms. The van der Waals surface area contributed by atoms with Gasteiger partial charge in [-0.1, -0.05) is 24.3 Å². The van der Waals surface area contributed by atoms with E-state index in [0.717, 1.165) is 17.7 Å². The lowest BCUT2D eigenvalue weighted by molar-refractivity contribution is 0.356. The molecule has 2 aromatic heterocycles. The fraction of sp³-hybridized carbons (Fsp3) is 0.240. The summed E-state index contributed by atoms with van der Waals surface area (Å²) in [4.78, 5) is 10.9. The molecule has 166 valence electrons. The molecule has 0 spiro atoms. The molecule has 0 radical (unpaired) electrons. The molecule has 7 nitrogen and oxygen atoms in total. The van der Waals surface area contributed by atoms with Gasteiger partial charge in [0.05, 0.1) is 15.5 Å². The first-order chi connectivity index (χ1) is 16.8. The Balaban J connectivity index is 1.56. The van der Waals surface area contributed by atoms with Crippen molar-refractivity contribution in [3.8, 4) is 22.9 Å². The van der Waals surface area contributed by atoms with Crippen molar-refractivity contribution in [1.29, 1.82) is 5.26 Å². The number of nitriles is 1. The minimum atomic E-state index is -2.30. The van der Waals surface area contributed by atoms with E-state index < -0.39 is 12.3 Å². The van der Waals surface area contributed by atoms with Crippen molar-refractivity contribution in [3.05, 3.63) is 77.0 Å². The number of rotatable bonds is 6. The first-order valence-electron chi connectivity index (χ1n) is 11.5. The summed E-state index contributed by atoms with van der Waals surface area (Å²) >= 11 is 0. The second-order valence-corrected chi connectivity index (χ2v) is 8.11. The summed E-state index contributed by atoms with van der Waals surface area (Å²) < 4.78 is 39.1. The molecule has 2 aromatic carbocycles. The number of nitrogens with one attached hydrogen (secondary N) is 1. The largest absolute Gasteiger partial charge is 0.493 e. The van der Waals surface area contributed by atoms with Crippen LogP contribution in [0.25, 0.3) is 16.8 Å². The van der Waals surface area contributed by atoms with Gasteiger partial charge < -0.3 is 15.0 Å². The summed E-state index contributed by atoms with van der Waals surface area (Å²) in [5, 5.41) is 12.2. The third-order valence-corrected chi connectivity index (χ3v) is 5.50. The molecule has 3 heterocycles. The molecule has 0 saturated carbocycles. The molecule has 4 aromatic rings. The molecule has 0 unspecified atom stereocenters. The first kappa shape index (κ1) is 18.6. The van der Waals surface area contributed by atoms with Crippen LogP contribution in [0.2, 0.25) is 0 Å². The molecule has 1 aliphatic heterocycles. The van der Waals surface area contributed by atoms with E-state index in [-0.39, 0.29) is 17.2 Å². The zero-order valence-electron chi connectivity index (χ0n) is 20.3. The van der Waals surface area contributed by atoms with Gasteiger partial charge >= 0.3 is 0 Å². The second kappa shape index (κ2) is 8.52. The van der Waals surface area contributed by atoms with Crippen molar-refractivity contribution in [2.45, 2.75) is 19.5 Å². The molecular weight excluding hydrogens is 419 g/mol. The minimum absolute atomic E-state index is 0.0999. The third-order valence-electron chi connectivity index (χ3n) is 5.50. The van der Waals surface area contributed by atoms with Gasteiger partial charge in [0.15, 0.2) is 11.3 Å². The fourth-order valence-electron chi connectivity index (χ4n) is 3.98. The number of hydrogen-bond acceptors (Lipinski definition) is 6. The molecule has 8 heteroatoms. The summed E-state index contributed by atoms with van der Waals surface area (Å²) in [6.45, 7) is -1.12. The number of aromatic nitrogens is 3. The Bertz CT molecular complexity index is 1460. The molecule has 0 aliphatic carbocycles. The number of anilines is 1. The van der Waals surface area contributed by atoms with Crippen molar-refractivity contribution >= 4 is 11.6 Å². The number of nitrogens with zero attached hydrogens (tertiary/aromatic N) is 5. The van der Waals surface area contributed by atoms with Gasteiger partial charge in [0, 0.05) is 42.3 Å². The van der Waals surface area contributed by atoms with Crippen molar-refractivity contribution < 1.29 is 11.9 Å². The van der Waals surface area contributed by atoms with E-state index in [9.17, 15) is 9.65 Å². The number of halogens is 1. The molecule has 0 amide bonds. The lowest BCUT2D eigenvalue weighted by Gasteiger charge is -2.13. The maximum Gasteiger partial charge on any atom is 0.208 e. The zero-order valence-corrected chi connectivity index (χ0v) is 18.3. The highest BCUT2D eigenvalue weighted by molar-refractivity contribution is 5.78. The number of imidazole rings is 1. The van der Waals surface area contributed by atoms with Crippen LogP contribution < -0.4 is 10.1 Å². The van der Waals surface area contributed by atoms with Gasteiger partial charge in [-0.25, -0.2) is 14.4 Å². The van der Waals surface area contributed by atoms with Crippen LogP contribution in [0.15, 0.2) is 48.8 Å². The summed E-state index contributed by atoms with van der Waals surface area (Å²) in [6, 6.07) is 12.7. The topological polar surface area (TPSA) is 78.5 Å². The van der Waals surface area contributed by atoms with E-state index >= 15 is 0 Å². The lowest BCUT2D eigenvalue weighted by Crippen LogP contribution is -2.10. The summed E-state index contributed by atoms with van der Waals surface area (Å²) in [5.74, 6) is -0.0868. The van der Waals surface area contributed by atoms with Gasteiger partial charge in [0.1, 0.15) is 17.6 Å². The van der Waals surface area contributed by atoms with Crippen molar-refractivity contribution in [3.63, 3.8) is 0 Å².